The number of hydrogen-bond acceptors (Lipinski definition) is 5. The summed E-state index contributed by atoms with van der Waals surface area (Å²) in [5, 5.41) is 3.28. The summed E-state index contributed by atoms with van der Waals surface area (Å²) < 4.78 is 16.1. The summed E-state index contributed by atoms with van der Waals surface area (Å²) in [6.07, 6.45) is 1.79. The zero-order chi connectivity index (χ0) is 14.9. The Morgan fingerprint density at radius 3 is 2.33 bits per heavy atom. The second-order valence-corrected chi connectivity index (χ2v) is 4.39. The predicted octanol–water partition coefficient (Wildman–Crippen LogP) is 2.27. The van der Waals surface area contributed by atoms with E-state index in [4.69, 9.17) is 14.2 Å². The highest BCUT2D eigenvalue weighted by atomic mass is 16.5. The van der Waals surface area contributed by atoms with Gasteiger partial charge < -0.3 is 19.5 Å². The van der Waals surface area contributed by atoms with Crippen molar-refractivity contribution in [1.29, 1.82) is 0 Å². The molecule has 1 aromatic carbocycles. The molecular weight excluding hydrogens is 268 g/mol. The van der Waals surface area contributed by atoms with Gasteiger partial charge >= 0.3 is 0 Å². The number of benzene rings is 1. The number of rotatable bonds is 8. The molecule has 1 aromatic heterocycles. The average Bonchev–Trinajstić information content (AvgIpc) is 2.55. The van der Waals surface area contributed by atoms with Crippen molar-refractivity contribution in [2.24, 2.45) is 0 Å². The van der Waals surface area contributed by atoms with Crippen LogP contribution in [0.25, 0.3) is 0 Å². The molecule has 1 heterocycles. The molecule has 0 aliphatic carbocycles. The zero-order valence-corrected chi connectivity index (χ0v) is 12.3. The van der Waals surface area contributed by atoms with Gasteiger partial charge in [-0.25, -0.2) is 0 Å². The van der Waals surface area contributed by atoms with Crippen LogP contribution in [0.5, 0.6) is 17.2 Å². The van der Waals surface area contributed by atoms with Crippen LogP contribution < -0.4 is 19.5 Å². The number of nitrogens with one attached hydrogen (secondary N) is 1. The fraction of sp³-hybridized carbons (Fsp3) is 0.312. The average molecular weight is 288 g/mol. The minimum atomic E-state index is 0.559. The summed E-state index contributed by atoms with van der Waals surface area (Å²) in [5.41, 5.74) is 1.01. The molecule has 0 aliphatic heterocycles. The monoisotopic (exact) mass is 288 g/mol. The van der Waals surface area contributed by atoms with Gasteiger partial charge in [-0.15, -0.1) is 0 Å². The Labute approximate surface area is 124 Å². The molecule has 0 spiro atoms. The third-order valence-electron chi connectivity index (χ3n) is 2.90. The van der Waals surface area contributed by atoms with Crippen LogP contribution in [-0.4, -0.2) is 32.4 Å². The lowest BCUT2D eigenvalue weighted by atomic mass is 10.3. The molecule has 5 nitrogen and oxygen atoms in total. The highest BCUT2D eigenvalue weighted by molar-refractivity contribution is 5.41. The van der Waals surface area contributed by atoms with Crippen molar-refractivity contribution in [3.05, 3.63) is 48.3 Å². The normalized spacial score (nSPS) is 10.2. The first-order chi connectivity index (χ1) is 10.3. The Kier molecular flexibility index (Phi) is 5.84. The SMILES string of the molecule is COc1cc(OC)cc(OCCNCc2ccccn2)c1. The van der Waals surface area contributed by atoms with E-state index in [0.717, 1.165) is 24.5 Å². The Morgan fingerprint density at radius 1 is 1.00 bits per heavy atom. The summed E-state index contributed by atoms with van der Waals surface area (Å²) in [6, 6.07) is 11.3. The lowest BCUT2D eigenvalue weighted by molar-refractivity contribution is 0.307. The lowest BCUT2D eigenvalue weighted by Gasteiger charge is -2.10. The van der Waals surface area contributed by atoms with E-state index in [-0.39, 0.29) is 0 Å². The fourth-order valence-electron chi connectivity index (χ4n) is 1.82. The first-order valence-electron chi connectivity index (χ1n) is 6.78. The number of aromatic nitrogens is 1. The van der Waals surface area contributed by atoms with Gasteiger partial charge in [-0.3, -0.25) is 4.98 Å². The number of nitrogens with zero attached hydrogens (tertiary/aromatic N) is 1. The molecule has 0 fully saturated rings. The van der Waals surface area contributed by atoms with Crippen LogP contribution in [0.1, 0.15) is 5.69 Å². The summed E-state index contributed by atoms with van der Waals surface area (Å²) in [7, 11) is 3.24. The molecule has 2 aromatic rings. The van der Waals surface area contributed by atoms with Gasteiger partial charge in [0.15, 0.2) is 0 Å². The molecule has 0 atom stereocenters. The van der Waals surface area contributed by atoms with Gasteiger partial charge in [-0.1, -0.05) is 6.07 Å². The topological polar surface area (TPSA) is 52.6 Å². The van der Waals surface area contributed by atoms with Gasteiger partial charge in [-0.05, 0) is 12.1 Å². The first-order valence-corrected chi connectivity index (χ1v) is 6.78. The van der Waals surface area contributed by atoms with Crippen molar-refractivity contribution in [1.82, 2.24) is 10.3 Å². The molecule has 0 radical (unpaired) electrons. The van der Waals surface area contributed by atoms with Crippen molar-refractivity contribution in [3.8, 4) is 17.2 Å². The fourth-order valence-corrected chi connectivity index (χ4v) is 1.82. The number of pyridine rings is 1. The lowest BCUT2D eigenvalue weighted by Crippen LogP contribution is -2.21. The van der Waals surface area contributed by atoms with Crippen LogP contribution in [0.15, 0.2) is 42.6 Å². The van der Waals surface area contributed by atoms with Crippen molar-refractivity contribution in [3.63, 3.8) is 0 Å². The van der Waals surface area contributed by atoms with E-state index in [0.29, 0.717) is 18.1 Å². The zero-order valence-electron chi connectivity index (χ0n) is 12.3. The maximum Gasteiger partial charge on any atom is 0.126 e. The third-order valence-corrected chi connectivity index (χ3v) is 2.90. The quantitative estimate of drug-likeness (QED) is 0.755. The second kappa shape index (κ2) is 8.11. The van der Waals surface area contributed by atoms with Crippen molar-refractivity contribution < 1.29 is 14.2 Å². The number of methoxy groups -OCH3 is 2. The minimum absolute atomic E-state index is 0.559. The smallest absolute Gasteiger partial charge is 0.126 e. The molecular formula is C16H20N2O3. The van der Waals surface area contributed by atoms with E-state index in [2.05, 4.69) is 10.3 Å². The van der Waals surface area contributed by atoms with Crippen LogP contribution in [0.2, 0.25) is 0 Å². The Hall–Kier alpha value is -2.27. The van der Waals surface area contributed by atoms with Crippen molar-refractivity contribution >= 4 is 0 Å². The molecule has 0 amide bonds. The highest BCUT2D eigenvalue weighted by Crippen LogP contribution is 2.27. The van der Waals surface area contributed by atoms with Crippen molar-refractivity contribution in [2.75, 3.05) is 27.4 Å². The standard InChI is InChI=1S/C16H20N2O3/c1-19-14-9-15(20-2)11-16(10-14)21-8-7-17-12-13-5-3-4-6-18-13/h3-6,9-11,17H,7-8,12H2,1-2H3. The summed E-state index contributed by atoms with van der Waals surface area (Å²) in [5.74, 6) is 2.16. The molecule has 0 unspecified atom stereocenters. The van der Waals surface area contributed by atoms with E-state index < -0.39 is 0 Å². The van der Waals surface area contributed by atoms with Crippen LogP contribution in [0.3, 0.4) is 0 Å². The third kappa shape index (κ3) is 4.96. The van der Waals surface area contributed by atoms with Crippen molar-refractivity contribution in [2.45, 2.75) is 6.54 Å². The second-order valence-electron chi connectivity index (χ2n) is 4.39. The van der Waals surface area contributed by atoms with Crippen LogP contribution in [0.4, 0.5) is 0 Å². The van der Waals surface area contributed by atoms with Crippen LogP contribution >= 0.6 is 0 Å². The Bertz CT molecular complexity index is 524. The van der Waals surface area contributed by atoms with E-state index in [9.17, 15) is 0 Å². The molecule has 2 rings (SSSR count). The Morgan fingerprint density at radius 2 is 1.71 bits per heavy atom. The van der Waals surface area contributed by atoms with Gasteiger partial charge in [0.1, 0.15) is 23.9 Å². The molecule has 0 saturated heterocycles. The molecule has 0 bridgehead atoms. The van der Waals surface area contributed by atoms with Crippen LogP contribution in [0, 0.1) is 0 Å². The maximum atomic E-state index is 5.69. The van der Waals surface area contributed by atoms with Gasteiger partial charge in [0.2, 0.25) is 0 Å². The van der Waals surface area contributed by atoms with E-state index in [1.165, 1.54) is 0 Å². The summed E-state index contributed by atoms with van der Waals surface area (Å²) >= 11 is 0. The largest absolute Gasteiger partial charge is 0.496 e. The molecule has 0 aliphatic rings. The number of hydrogen-bond donors (Lipinski definition) is 1. The van der Waals surface area contributed by atoms with Gasteiger partial charge in [0.25, 0.3) is 0 Å². The van der Waals surface area contributed by atoms with Gasteiger partial charge in [0, 0.05) is 37.5 Å². The van der Waals surface area contributed by atoms with E-state index in [1.54, 1.807) is 20.4 Å². The van der Waals surface area contributed by atoms with E-state index in [1.807, 2.05) is 36.4 Å². The van der Waals surface area contributed by atoms with Crippen LogP contribution in [-0.2, 0) is 6.54 Å². The Balaban J connectivity index is 1.75. The number of ether oxygens (including phenoxy) is 3. The summed E-state index contributed by atoms with van der Waals surface area (Å²) in [4.78, 5) is 4.24. The maximum absolute atomic E-state index is 5.69. The first kappa shape index (κ1) is 15.1. The van der Waals surface area contributed by atoms with Gasteiger partial charge in [0.05, 0.1) is 19.9 Å². The predicted molar refractivity (Wildman–Crippen MR) is 81.0 cm³/mol. The molecule has 21 heavy (non-hydrogen) atoms. The summed E-state index contributed by atoms with van der Waals surface area (Å²) in [6.45, 7) is 2.02. The highest BCUT2D eigenvalue weighted by Gasteiger charge is 2.02. The molecule has 5 heteroatoms. The van der Waals surface area contributed by atoms with Gasteiger partial charge in [-0.2, -0.15) is 0 Å². The minimum Gasteiger partial charge on any atom is -0.496 e. The van der Waals surface area contributed by atoms with E-state index >= 15 is 0 Å². The molecule has 0 saturated carbocycles. The molecule has 1 N–H and O–H groups in total. The molecule has 112 valence electrons.